The maximum Gasteiger partial charge on any atom is 0.573 e. The summed E-state index contributed by atoms with van der Waals surface area (Å²) >= 11 is 0. The average molecular weight is 278 g/mol. The molecule has 0 spiro atoms. The Morgan fingerprint density at radius 3 is 2.58 bits per heavy atom. The lowest BCUT2D eigenvalue weighted by atomic mass is 10.2. The van der Waals surface area contributed by atoms with Crippen LogP contribution >= 0.6 is 0 Å². The number of carbonyl (C=O) groups is 1. The fraction of sp³-hybridized carbons (Fsp3) is 0.250. The molecule has 3 nitrogen and oxygen atoms in total. The van der Waals surface area contributed by atoms with E-state index in [2.05, 4.69) is 9.47 Å². The summed E-state index contributed by atoms with van der Waals surface area (Å²) in [6, 6.07) is 2.71. The number of hydrogen-bond acceptors (Lipinski definition) is 3. The number of rotatable bonds is 4. The van der Waals surface area contributed by atoms with Crippen LogP contribution in [0.1, 0.15) is 12.0 Å². The van der Waals surface area contributed by atoms with Crippen molar-refractivity contribution in [2.75, 3.05) is 7.11 Å². The van der Waals surface area contributed by atoms with Crippen molar-refractivity contribution in [1.29, 1.82) is 0 Å². The van der Waals surface area contributed by atoms with Gasteiger partial charge in [-0.3, -0.25) is 4.79 Å². The Balaban J connectivity index is 2.75. The van der Waals surface area contributed by atoms with Crippen LogP contribution in [-0.2, 0) is 9.53 Å². The minimum Gasteiger partial charge on any atom is -0.469 e. The van der Waals surface area contributed by atoms with Gasteiger partial charge >= 0.3 is 12.3 Å². The SMILES string of the molecule is COC(=O)CC=Cc1ccc(OC(F)(F)F)cc1F. The minimum absolute atomic E-state index is 0.0402. The van der Waals surface area contributed by atoms with E-state index in [1.165, 1.54) is 19.3 Å². The molecular weight excluding hydrogens is 268 g/mol. The van der Waals surface area contributed by atoms with E-state index in [1.807, 2.05) is 0 Å². The lowest BCUT2D eigenvalue weighted by molar-refractivity contribution is -0.274. The van der Waals surface area contributed by atoms with Gasteiger partial charge in [0, 0.05) is 11.6 Å². The maximum absolute atomic E-state index is 13.4. The molecular formula is C12H10F4O3. The number of alkyl halides is 3. The van der Waals surface area contributed by atoms with Gasteiger partial charge in [-0.15, -0.1) is 13.2 Å². The van der Waals surface area contributed by atoms with E-state index < -0.39 is 23.9 Å². The summed E-state index contributed by atoms with van der Waals surface area (Å²) in [6.45, 7) is 0. The predicted octanol–water partition coefficient (Wildman–Crippen LogP) is 3.30. The molecule has 1 aromatic rings. The molecule has 19 heavy (non-hydrogen) atoms. The van der Waals surface area contributed by atoms with Crippen molar-refractivity contribution < 1.29 is 31.8 Å². The van der Waals surface area contributed by atoms with Gasteiger partial charge in [-0.05, 0) is 12.1 Å². The first-order valence-corrected chi connectivity index (χ1v) is 5.10. The molecule has 0 aliphatic heterocycles. The minimum atomic E-state index is -4.87. The fourth-order valence-corrected chi connectivity index (χ4v) is 1.21. The molecule has 0 N–H and O–H groups in total. The van der Waals surface area contributed by atoms with Gasteiger partial charge in [0.15, 0.2) is 0 Å². The number of ether oxygens (including phenoxy) is 2. The first-order valence-electron chi connectivity index (χ1n) is 5.10. The highest BCUT2D eigenvalue weighted by molar-refractivity contribution is 5.72. The predicted molar refractivity (Wildman–Crippen MR) is 58.8 cm³/mol. The number of methoxy groups -OCH3 is 1. The van der Waals surface area contributed by atoms with Crippen LogP contribution in [0, 0.1) is 5.82 Å². The van der Waals surface area contributed by atoms with Crippen LogP contribution in [0.3, 0.4) is 0 Å². The quantitative estimate of drug-likeness (QED) is 0.626. The van der Waals surface area contributed by atoms with Crippen molar-refractivity contribution in [3.05, 3.63) is 35.7 Å². The summed E-state index contributed by atoms with van der Waals surface area (Å²) in [4.78, 5) is 10.8. The Morgan fingerprint density at radius 2 is 2.05 bits per heavy atom. The number of esters is 1. The first kappa shape index (κ1) is 15.0. The first-order chi connectivity index (χ1) is 8.81. The summed E-state index contributed by atoms with van der Waals surface area (Å²) in [7, 11) is 1.21. The Hall–Kier alpha value is -2.05. The maximum atomic E-state index is 13.4. The van der Waals surface area contributed by atoms with Crippen LogP contribution in [0.25, 0.3) is 6.08 Å². The van der Waals surface area contributed by atoms with Crippen LogP contribution in [0.5, 0.6) is 5.75 Å². The number of hydrogen-bond donors (Lipinski definition) is 0. The highest BCUT2D eigenvalue weighted by atomic mass is 19.4. The van der Waals surface area contributed by atoms with E-state index in [1.54, 1.807) is 0 Å². The van der Waals surface area contributed by atoms with Gasteiger partial charge < -0.3 is 9.47 Å². The largest absolute Gasteiger partial charge is 0.573 e. The Morgan fingerprint density at radius 1 is 1.37 bits per heavy atom. The second kappa shape index (κ2) is 6.21. The zero-order chi connectivity index (χ0) is 14.5. The summed E-state index contributed by atoms with van der Waals surface area (Å²) in [5.41, 5.74) is 0.0402. The highest BCUT2D eigenvalue weighted by Gasteiger charge is 2.31. The summed E-state index contributed by atoms with van der Waals surface area (Å²) < 4.78 is 57.0. The van der Waals surface area contributed by atoms with Crippen molar-refractivity contribution in [2.24, 2.45) is 0 Å². The highest BCUT2D eigenvalue weighted by Crippen LogP contribution is 2.24. The molecule has 0 aliphatic rings. The summed E-state index contributed by atoms with van der Waals surface area (Å²) in [5.74, 6) is -2.04. The zero-order valence-corrected chi connectivity index (χ0v) is 9.83. The molecule has 0 aromatic heterocycles. The standard InChI is InChI=1S/C12H10F4O3/c1-18-11(17)4-2-3-8-5-6-9(7-10(8)13)19-12(14,15)16/h2-3,5-7H,4H2,1H3. The zero-order valence-electron chi connectivity index (χ0n) is 9.83. The van der Waals surface area contributed by atoms with Crippen molar-refractivity contribution in [3.63, 3.8) is 0 Å². The van der Waals surface area contributed by atoms with Crippen molar-refractivity contribution in [1.82, 2.24) is 0 Å². The second-order valence-electron chi connectivity index (χ2n) is 3.41. The molecule has 0 amide bonds. The normalized spacial score (nSPS) is 11.6. The van der Waals surface area contributed by atoms with E-state index >= 15 is 0 Å². The third kappa shape index (κ3) is 5.41. The van der Waals surface area contributed by atoms with Crippen molar-refractivity contribution in [3.8, 4) is 5.75 Å². The second-order valence-corrected chi connectivity index (χ2v) is 3.41. The Bertz CT molecular complexity index is 480. The summed E-state index contributed by atoms with van der Waals surface area (Å²) in [6.07, 6.45) is -2.32. The molecule has 0 aliphatic carbocycles. The van der Waals surface area contributed by atoms with E-state index in [4.69, 9.17) is 0 Å². The third-order valence-electron chi connectivity index (χ3n) is 2.02. The van der Waals surface area contributed by atoms with Crippen LogP contribution in [0.4, 0.5) is 17.6 Å². The number of halogens is 4. The monoisotopic (exact) mass is 278 g/mol. The van der Waals surface area contributed by atoms with Gasteiger partial charge in [0.25, 0.3) is 0 Å². The Kier molecular flexibility index (Phi) is 4.91. The van der Waals surface area contributed by atoms with Gasteiger partial charge in [-0.1, -0.05) is 12.2 Å². The molecule has 0 fully saturated rings. The molecule has 0 bridgehead atoms. The fourth-order valence-electron chi connectivity index (χ4n) is 1.21. The molecule has 0 unspecified atom stereocenters. The van der Waals surface area contributed by atoms with Crippen molar-refractivity contribution >= 4 is 12.0 Å². The smallest absolute Gasteiger partial charge is 0.469 e. The van der Waals surface area contributed by atoms with Gasteiger partial charge in [0.05, 0.1) is 13.5 Å². The molecule has 104 valence electrons. The topological polar surface area (TPSA) is 35.5 Å². The number of benzene rings is 1. The molecule has 0 heterocycles. The van der Waals surface area contributed by atoms with Crippen LogP contribution in [0.2, 0.25) is 0 Å². The lowest BCUT2D eigenvalue weighted by Gasteiger charge is -2.09. The van der Waals surface area contributed by atoms with Crippen molar-refractivity contribution in [2.45, 2.75) is 12.8 Å². The molecule has 0 saturated carbocycles. The van der Waals surface area contributed by atoms with Crippen LogP contribution < -0.4 is 4.74 Å². The average Bonchev–Trinajstić information content (AvgIpc) is 2.29. The van der Waals surface area contributed by atoms with E-state index in [9.17, 15) is 22.4 Å². The molecule has 7 heteroatoms. The van der Waals surface area contributed by atoms with Gasteiger partial charge in [-0.25, -0.2) is 4.39 Å². The van der Waals surface area contributed by atoms with Gasteiger partial charge in [0.1, 0.15) is 11.6 Å². The Labute approximate surface area is 106 Å². The molecule has 0 saturated heterocycles. The number of carbonyl (C=O) groups excluding carboxylic acids is 1. The van der Waals surface area contributed by atoms with E-state index in [0.29, 0.717) is 6.07 Å². The molecule has 0 atom stereocenters. The van der Waals surface area contributed by atoms with E-state index in [-0.39, 0.29) is 12.0 Å². The lowest BCUT2D eigenvalue weighted by Crippen LogP contribution is -2.17. The molecule has 1 aromatic carbocycles. The molecule has 1 rings (SSSR count). The van der Waals surface area contributed by atoms with Crippen LogP contribution in [0.15, 0.2) is 24.3 Å². The van der Waals surface area contributed by atoms with Gasteiger partial charge in [-0.2, -0.15) is 0 Å². The van der Waals surface area contributed by atoms with E-state index in [0.717, 1.165) is 12.1 Å². The van der Waals surface area contributed by atoms with Crippen LogP contribution in [-0.4, -0.2) is 19.4 Å². The third-order valence-corrected chi connectivity index (χ3v) is 2.02. The summed E-state index contributed by atoms with van der Waals surface area (Å²) in [5, 5.41) is 0. The molecule has 0 radical (unpaired) electrons. The van der Waals surface area contributed by atoms with Gasteiger partial charge in [0.2, 0.25) is 0 Å².